The highest BCUT2D eigenvalue weighted by atomic mass is 19.1. The second-order valence-electron chi connectivity index (χ2n) is 3.94. The lowest BCUT2D eigenvalue weighted by Crippen LogP contribution is -2.20. The van der Waals surface area contributed by atoms with Gasteiger partial charge in [0.2, 0.25) is 0 Å². The minimum Gasteiger partial charge on any atom is -0.501 e. The number of likely N-dealkylation sites (N-methyl/N-ethyl adjacent to an activating group) is 1. The largest absolute Gasteiger partial charge is 0.501 e. The Morgan fingerprint density at radius 1 is 1.31 bits per heavy atom. The van der Waals surface area contributed by atoms with Crippen molar-refractivity contribution in [1.82, 2.24) is 5.32 Å². The molecule has 2 rings (SSSR count). The Labute approximate surface area is 95.1 Å². The van der Waals surface area contributed by atoms with Gasteiger partial charge in [-0.05, 0) is 43.2 Å². The third kappa shape index (κ3) is 2.42. The van der Waals surface area contributed by atoms with E-state index in [0.717, 1.165) is 25.0 Å². The minimum absolute atomic E-state index is 0.126. The summed E-state index contributed by atoms with van der Waals surface area (Å²) in [5, 5.41) is 3.24. The van der Waals surface area contributed by atoms with Gasteiger partial charge in [0.15, 0.2) is 0 Å². The molecule has 1 aliphatic rings. The second kappa shape index (κ2) is 5.12. The molecule has 0 radical (unpaired) electrons. The summed E-state index contributed by atoms with van der Waals surface area (Å²) in [6.45, 7) is 0.795. The quantitative estimate of drug-likeness (QED) is 0.847. The van der Waals surface area contributed by atoms with Gasteiger partial charge in [0.05, 0.1) is 18.9 Å². The van der Waals surface area contributed by atoms with Crippen LogP contribution in [0.5, 0.6) is 0 Å². The predicted molar refractivity (Wildman–Crippen MR) is 61.5 cm³/mol. The maximum atomic E-state index is 12.8. The summed E-state index contributed by atoms with van der Waals surface area (Å²) < 4.78 is 18.2. The zero-order chi connectivity index (χ0) is 11.4. The van der Waals surface area contributed by atoms with Crippen molar-refractivity contribution in [3.05, 3.63) is 47.5 Å². The predicted octanol–water partition coefficient (Wildman–Crippen LogP) is 2.78. The van der Waals surface area contributed by atoms with E-state index in [2.05, 4.69) is 5.32 Å². The Morgan fingerprint density at radius 2 is 2.06 bits per heavy atom. The highest BCUT2D eigenvalue weighted by Gasteiger charge is 2.17. The smallest absolute Gasteiger partial charge is 0.123 e. The monoisotopic (exact) mass is 221 g/mol. The van der Waals surface area contributed by atoms with Gasteiger partial charge >= 0.3 is 0 Å². The first kappa shape index (κ1) is 11.1. The first-order valence-corrected chi connectivity index (χ1v) is 5.54. The third-order valence-corrected chi connectivity index (χ3v) is 2.83. The van der Waals surface area contributed by atoms with Gasteiger partial charge in [-0.2, -0.15) is 0 Å². The van der Waals surface area contributed by atoms with E-state index in [1.165, 1.54) is 17.7 Å². The van der Waals surface area contributed by atoms with Crippen LogP contribution in [0.1, 0.15) is 24.4 Å². The Bertz CT molecular complexity index is 372. The van der Waals surface area contributed by atoms with Crippen LogP contribution in [0.2, 0.25) is 0 Å². The van der Waals surface area contributed by atoms with E-state index in [4.69, 9.17) is 4.74 Å². The van der Waals surface area contributed by atoms with Crippen LogP contribution in [-0.2, 0) is 4.74 Å². The second-order valence-corrected chi connectivity index (χ2v) is 3.94. The van der Waals surface area contributed by atoms with Gasteiger partial charge in [0, 0.05) is 0 Å². The topological polar surface area (TPSA) is 21.3 Å². The van der Waals surface area contributed by atoms with Gasteiger partial charge in [-0.15, -0.1) is 0 Å². The number of benzene rings is 1. The molecule has 0 bridgehead atoms. The molecule has 0 spiro atoms. The summed E-state index contributed by atoms with van der Waals surface area (Å²) >= 11 is 0. The van der Waals surface area contributed by atoms with Crippen LogP contribution < -0.4 is 5.32 Å². The van der Waals surface area contributed by atoms with Gasteiger partial charge < -0.3 is 10.1 Å². The van der Waals surface area contributed by atoms with Gasteiger partial charge in [-0.25, -0.2) is 4.39 Å². The molecule has 3 heteroatoms. The molecule has 0 fully saturated rings. The standard InChI is InChI=1S/C13H16FNO/c1-15-13(11-3-2-8-16-9-11)10-4-6-12(14)7-5-10/h4-7,9,13,15H,2-3,8H2,1H3. The van der Waals surface area contributed by atoms with Crippen molar-refractivity contribution in [3.63, 3.8) is 0 Å². The Hall–Kier alpha value is -1.35. The van der Waals surface area contributed by atoms with Crippen molar-refractivity contribution in [1.29, 1.82) is 0 Å². The summed E-state index contributed by atoms with van der Waals surface area (Å²) in [4.78, 5) is 0. The molecule has 0 amide bonds. The number of hydrogen-bond donors (Lipinski definition) is 1. The SMILES string of the molecule is CNC(C1=COCCC1)c1ccc(F)cc1. The van der Waals surface area contributed by atoms with E-state index in [0.29, 0.717) is 0 Å². The van der Waals surface area contributed by atoms with Crippen molar-refractivity contribution in [2.45, 2.75) is 18.9 Å². The molecule has 1 aliphatic heterocycles. The third-order valence-electron chi connectivity index (χ3n) is 2.83. The molecule has 0 aliphatic carbocycles. The number of nitrogens with one attached hydrogen (secondary N) is 1. The van der Waals surface area contributed by atoms with E-state index in [1.807, 2.05) is 25.4 Å². The average Bonchev–Trinajstić information content (AvgIpc) is 2.34. The lowest BCUT2D eigenvalue weighted by Gasteiger charge is -2.23. The van der Waals surface area contributed by atoms with Crippen LogP contribution in [-0.4, -0.2) is 13.7 Å². The molecule has 1 aromatic rings. The average molecular weight is 221 g/mol. The van der Waals surface area contributed by atoms with Gasteiger partial charge in [0.25, 0.3) is 0 Å². The molecule has 1 atom stereocenters. The van der Waals surface area contributed by atoms with Crippen LogP contribution in [0.15, 0.2) is 36.1 Å². The highest BCUT2D eigenvalue weighted by Crippen LogP contribution is 2.27. The molecular formula is C13H16FNO. The Balaban J connectivity index is 2.21. The van der Waals surface area contributed by atoms with Gasteiger partial charge in [0.1, 0.15) is 5.82 Å². The summed E-state index contributed by atoms with van der Waals surface area (Å²) in [6.07, 6.45) is 3.90. The van der Waals surface area contributed by atoms with E-state index >= 15 is 0 Å². The normalized spacial score (nSPS) is 17.5. The molecule has 86 valence electrons. The fourth-order valence-electron chi connectivity index (χ4n) is 2.02. The first-order chi connectivity index (χ1) is 7.81. The van der Waals surface area contributed by atoms with Crippen molar-refractivity contribution >= 4 is 0 Å². The van der Waals surface area contributed by atoms with Crippen molar-refractivity contribution in [2.24, 2.45) is 0 Å². The molecule has 16 heavy (non-hydrogen) atoms. The molecule has 0 saturated heterocycles. The minimum atomic E-state index is -0.201. The lowest BCUT2D eigenvalue weighted by atomic mass is 9.95. The van der Waals surface area contributed by atoms with Crippen LogP contribution in [0, 0.1) is 5.82 Å². The summed E-state index contributed by atoms with van der Waals surface area (Å²) in [5.41, 5.74) is 2.29. The van der Waals surface area contributed by atoms with Crippen LogP contribution in [0.3, 0.4) is 0 Å². The molecule has 2 nitrogen and oxygen atoms in total. The van der Waals surface area contributed by atoms with E-state index in [9.17, 15) is 4.39 Å². The fraction of sp³-hybridized carbons (Fsp3) is 0.385. The summed E-state index contributed by atoms with van der Waals surface area (Å²) in [5.74, 6) is -0.201. The van der Waals surface area contributed by atoms with Crippen molar-refractivity contribution in [2.75, 3.05) is 13.7 Å². The van der Waals surface area contributed by atoms with Crippen LogP contribution in [0.25, 0.3) is 0 Å². The zero-order valence-corrected chi connectivity index (χ0v) is 9.37. The van der Waals surface area contributed by atoms with E-state index in [1.54, 1.807) is 0 Å². The van der Waals surface area contributed by atoms with Gasteiger partial charge in [-0.1, -0.05) is 12.1 Å². The van der Waals surface area contributed by atoms with Crippen LogP contribution in [0.4, 0.5) is 4.39 Å². The molecular weight excluding hydrogens is 205 g/mol. The van der Waals surface area contributed by atoms with Crippen LogP contribution >= 0.6 is 0 Å². The molecule has 1 aromatic carbocycles. The van der Waals surface area contributed by atoms with Crippen molar-refractivity contribution < 1.29 is 9.13 Å². The maximum Gasteiger partial charge on any atom is 0.123 e. The molecule has 0 aromatic heterocycles. The molecule has 1 unspecified atom stereocenters. The summed E-state index contributed by atoms with van der Waals surface area (Å²) in [7, 11) is 1.91. The number of rotatable bonds is 3. The fourth-order valence-corrected chi connectivity index (χ4v) is 2.02. The summed E-state index contributed by atoms with van der Waals surface area (Å²) in [6, 6.07) is 6.73. The maximum absolute atomic E-state index is 12.8. The van der Waals surface area contributed by atoms with Gasteiger partial charge in [-0.3, -0.25) is 0 Å². The molecule has 1 heterocycles. The van der Waals surface area contributed by atoms with E-state index in [-0.39, 0.29) is 11.9 Å². The highest BCUT2D eigenvalue weighted by molar-refractivity contribution is 5.28. The Morgan fingerprint density at radius 3 is 2.62 bits per heavy atom. The lowest BCUT2D eigenvalue weighted by molar-refractivity contribution is 0.220. The zero-order valence-electron chi connectivity index (χ0n) is 9.37. The van der Waals surface area contributed by atoms with E-state index < -0.39 is 0 Å². The number of hydrogen-bond acceptors (Lipinski definition) is 2. The molecule has 1 N–H and O–H groups in total. The molecule has 0 saturated carbocycles. The first-order valence-electron chi connectivity index (χ1n) is 5.54. The Kier molecular flexibility index (Phi) is 3.57. The number of ether oxygens (including phenoxy) is 1. The number of halogens is 1. The van der Waals surface area contributed by atoms with Crippen molar-refractivity contribution in [3.8, 4) is 0 Å².